The number of benzene rings is 1. The Balaban J connectivity index is 2.23. The molecule has 1 N–H and O–H groups in total. The summed E-state index contributed by atoms with van der Waals surface area (Å²) in [6.07, 6.45) is 0.958. The van der Waals surface area contributed by atoms with Crippen LogP contribution in [0.2, 0.25) is 0 Å². The second-order valence-corrected chi connectivity index (χ2v) is 5.12. The van der Waals surface area contributed by atoms with E-state index in [-0.39, 0.29) is 11.8 Å². The maximum absolute atomic E-state index is 12.5. The molecular weight excluding hydrogens is 224 g/mol. The Kier molecular flexibility index (Phi) is 4.02. The van der Waals surface area contributed by atoms with Crippen molar-refractivity contribution >= 4 is 11.6 Å². The van der Waals surface area contributed by atoms with Crippen molar-refractivity contribution in [2.24, 2.45) is 5.92 Å². The molecule has 1 fully saturated rings. The number of carbonyl (C=O) groups excluding carboxylic acids is 1. The molecule has 3 heteroatoms. The van der Waals surface area contributed by atoms with Crippen LogP contribution >= 0.6 is 0 Å². The van der Waals surface area contributed by atoms with Crippen molar-refractivity contribution in [1.29, 1.82) is 0 Å². The number of anilines is 1. The van der Waals surface area contributed by atoms with E-state index in [2.05, 4.69) is 37.4 Å². The van der Waals surface area contributed by atoms with Gasteiger partial charge in [0, 0.05) is 18.8 Å². The highest BCUT2D eigenvalue weighted by Crippen LogP contribution is 2.22. The Bertz CT molecular complexity index is 416. The van der Waals surface area contributed by atoms with E-state index < -0.39 is 0 Å². The first kappa shape index (κ1) is 13.1. The highest BCUT2D eigenvalue weighted by Gasteiger charge is 2.27. The SMILES string of the molecule is CCN(C(=O)C1CCNC1)c1cc(C)cc(C)c1. The predicted octanol–water partition coefficient (Wildman–Crippen LogP) is 2.27. The monoisotopic (exact) mass is 246 g/mol. The van der Waals surface area contributed by atoms with Gasteiger partial charge in [0.25, 0.3) is 0 Å². The quantitative estimate of drug-likeness (QED) is 0.887. The number of rotatable bonds is 3. The maximum Gasteiger partial charge on any atom is 0.231 e. The second kappa shape index (κ2) is 5.53. The van der Waals surface area contributed by atoms with Crippen LogP contribution in [0.25, 0.3) is 0 Å². The van der Waals surface area contributed by atoms with Crippen LogP contribution in [0.4, 0.5) is 5.69 Å². The molecule has 0 radical (unpaired) electrons. The fraction of sp³-hybridized carbons (Fsp3) is 0.533. The first-order valence-corrected chi connectivity index (χ1v) is 6.72. The molecule has 1 aliphatic heterocycles. The molecule has 1 saturated heterocycles. The van der Waals surface area contributed by atoms with Crippen LogP contribution in [-0.4, -0.2) is 25.5 Å². The summed E-state index contributed by atoms with van der Waals surface area (Å²) in [6, 6.07) is 6.33. The molecule has 0 aliphatic carbocycles. The Labute approximate surface area is 109 Å². The van der Waals surface area contributed by atoms with Gasteiger partial charge in [-0.3, -0.25) is 4.79 Å². The standard InChI is InChI=1S/C15H22N2O/c1-4-17(15(18)13-5-6-16-10-13)14-8-11(2)7-12(3)9-14/h7-9,13,16H,4-6,10H2,1-3H3. The van der Waals surface area contributed by atoms with Gasteiger partial charge in [-0.1, -0.05) is 6.07 Å². The summed E-state index contributed by atoms with van der Waals surface area (Å²) in [7, 11) is 0. The molecule has 0 saturated carbocycles. The summed E-state index contributed by atoms with van der Waals surface area (Å²) in [6.45, 7) is 8.70. The lowest BCUT2D eigenvalue weighted by Gasteiger charge is -2.24. The molecule has 98 valence electrons. The largest absolute Gasteiger partial charge is 0.316 e. The van der Waals surface area contributed by atoms with Gasteiger partial charge in [-0.25, -0.2) is 0 Å². The zero-order valence-electron chi connectivity index (χ0n) is 11.5. The molecule has 3 nitrogen and oxygen atoms in total. The molecule has 0 aromatic heterocycles. The molecule has 1 atom stereocenters. The first-order chi connectivity index (χ1) is 8.61. The molecule has 0 bridgehead atoms. The van der Waals surface area contributed by atoms with Crippen LogP contribution in [-0.2, 0) is 4.79 Å². The van der Waals surface area contributed by atoms with Crippen molar-refractivity contribution in [3.8, 4) is 0 Å². The van der Waals surface area contributed by atoms with Crippen molar-refractivity contribution in [1.82, 2.24) is 5.32 Å². The number of amides is 1. The average Bonchev–Trinajstić information content (AvgIpc) is 2.81. The number of nitrogens with one attached hydrogen (secondary N) is 1. The number of nitrogens with zero attached hydrogens (tertiary/aromatic N) is 1. The lowest BCUT2D eigenvalue weighted by molar-refractivity contribution is -0.121. The number of hydrogen-bond donors (Lipinski definition) is 1. The molecule has 1 amide bonds. The van der Waals surface area contributed by atoms with Crippen LogP contribution < -0.4 is 10.2 Å². The van der Waals surface area contributed by atoms with E-state index in [0.717, 1.165) is 31.7 Å². The predicted molar refractivity (Wildman–Crippen MR) is 74.9 cm³/mol. The van der Waals surface area contributed by atoms with Gasteiger partial charge in [0.2, 0.25) is 5.91 Å². The minimum atomic E-state index is 0.144. The number of carbonyl (C=O) groups is 1. The summed E-state index contributed by atoms with van der Waals surface area (Å²) >= 11 is 0. The van der Waals surface area contributed by atoms with Crippen LogP contribution in [0, 0.1) is 19.8 Å². The van der Waals surface area contributed by atoms with Gasteiger partial charge in [0.15, 0.2) is 0 Å². The van der Waals surface area contributed by atoms with E-state index in [1.807, 2.05) is 11.8 Å². The van der Waals surface area contributed by atoms with Gasteiger partial charge in [-0.2, -0.15) is 0 Å². The summed E-state index contributed by atoms with van der Waals surface area (Å²) in [5.74, 6) is 0.401. The molecule has 0 spiro atoms. The Morgan fingerprint density at radius 1 is 1.33 bits per heavy atom. The van der Waals surface area contributed by atoms with Crippen molar-refractivity contribution in [3.05, 3.63) is 29.3 Å². The van der Waals surface area contributed by atoms with Crippen LogP contribution in [0.3, 0.4) is 0 Å². The van der Waals surface area contributed by atoms with Crippen LogP contribution in [0.1, 0.15) is 24.5 Å². The third-order valence-corrected chi connectivity index (χ3v) is 3.51. The van der Waals surface area contributed by atoms with Gasteiger partial charge < -0.3 is 10.2 Å². The topological polar surface area (TPSA) is 32.3 Å². The molecule has 1 aromatic carbocycles. The molecule has 1 aromatic rings. The summed E-state index contributed by atoms with van der Waals surface area (Å²) < 4.78 is 0. The minimum absolute atomic E-state index is 0.144. The lowest BCUT2D eigenvalue weighted by atomic mass is 10.1. The second-order valence-electron chi connectivity index (χ2n) is 5.12. The average molecular weight is 246 g/mol. The third-order valence-electron chi connectivity index (χ3n) is 3.51. The number of aryl methyl sites for hydroxylation is 2. The third kappa shape index (κ3) is 2.72. The normalized spacial score (nSPS) is 18.9. The zero-order chi connectivity index (χ0) is 13.1. The van der Waals surface area contributed by atoms with Crippen molar-refractivity contribution in [3.63, 3.8) is 0 Å². The van der Waals surface area contributed by atoms with E-state index >= 15 is 0 Å². The smallest absolute Gasteiger partial charge is 0.231 e. The molecular formula is C15H22N2O. The van der Waals surface area contributed by atoms with Crippen molar-refractivity contribution in [2.45, 2.75) is 27.2 Å². The van der Waals surface area contributed by atoms with E-state index in [0.29, 0.717) is 0 Å². The molecule has 1 heterocycles. The van der Waals surface area contributed by atoms with E-state index in [1.54, 1.807) is 0 Å². The minimum Gasteiger partial charge on any atom is -0.316 e. The summed E-state index contributed by atoms with van der Waals surface area (Å²) in [4.78, 5) is 14.4. The van der Waals surface area contributed by atoms with Crippen LogP contribution in [0.15, 0.2) is 18.2 Å². The fourth-order valence-corrected chi connectivity index (χ4v) is 2.66. The molecule has 2 rings (SSSR count). The van der Waals surface area contributed by atoms with Crippen molar-refractivity contribution < 1.29 is 4.79 Å². The maximum atomic E-state index is 12.5. The number of hydrogen-bond acceptors (Lipinski definition) is 2. The van der Waals surface area contributed by atoms with Gasteiger partial charge in [-0.05, 0) is 57.0 Å². The lowest BCUT2D eigenvalue weighted by Crippen LogP contribution is -2.37. The fourth-order valence-electron chi connectivity index (χ4n) is 2.66. The van der Waals surface area contributed by atoms with E-state index in [1.165, 1.54) is 11.1 Å². The molecule has 1 unspecified atom stereocenters. The van der Waals surface area contributed by atoms with Gasteiger partial charge >= 0.3 is 0 Å². The van der Waals surface area contributed by atoms with Crippen molar-refractivity contribution in [2.75, 3.05) is 24.5 Å². The highest BCUT2D eigenvalue weighted by molar-refractivity contribution is 5.95. The van der Waals surface area contributed by atoms with E-state index in [9.17, 15) is 4.79 Å². The van der Waals surface area contributed by atoms with Crippen LogP contribution in [0.5, 0.6) is 0 Å². The Morgan fingerprint density at radius 2 is 2.00 bits per heavy atom. The van der Waals surface area contributed by atoms with Gasteiger partial charge in [-0.15, -0.1) is 0 Å². The Hall–Kier alpha value is -1.35. The zero-order valence-corrected chi connectivity index (χ0v) is 11.5. The molecule has 18 heavy (non-hydrogen) atoms. The highest BCUT2D eigenvalue weighted by atomic mass is 16.2. The van der Waals surface area contributed by atoms with Gasteiger partial charge in [0.05, 0.1) is 5.92 Å². The van der Waals surface area contributed by atoms with Gasteiger partial charge in [0.1, 0.15) is 0 Å². The Morgan fingerprint density at radius 3 is 2.50 bits per heavy atom. The first-order valence-electron chi connectivity index (χ1n) is 6.72. The summed E-state index contributed by atoms with van der Waals surface area (Å²) in [5, 5.41) is 3.26. The summed E-state index contributed by atoms with van der Waals surface area (Å²) in [5.41, 5.74) is 3.45. The molecule has 1 aliphatic rings. The van der Waals surface area contributed by atoms with E-state index in [4.69, 9.17) is 0 Å².